The number of nitrogens with two attached hydrogens (primary N) is 1. The number of anilines is 1. The molecule has 2 rings (SSSR count). The fourth-order valence-electron chi connectivity index (χ4n) is 2.30. The lowest BCUT2D eigenvalue weighted by Gasteiger charge is -2.29. The maximum Gasteiger partial charge on any atom is 0.272 e. The Morgan fingerprint density at radius 1 is 1.50 bits per heavy atom. The zero-order valence-corrected chi connectivity index (χ0v) is 11.5. The van der Waals surface area contributed by atoms with Crippen molar-refractivity contribution in [2.75, 3.05) is 19.3 Å². The van der Waals surface area contributed by atoms with Gasteiger partial charge in [0.2, 0.25) is 0 Å². The summed E-state index contributed by atoms with van der Waals surface area (Å²) in [6.07, 6.45) is 4.71. The zero-order valence-electron chi connectivity index (χ0n) is 11.5. The van der Waals surface area contributed by atoms with Crippen molar-refractivity contribution in [3.8, 4) is 0 Å². The number of rotatable bonds is 4. The highest BCUT2D eigenvalue weighted by Crippen LogP contribution is 2.34. The standard InChI is InChI=1S/C14H18F2N4/c1-14(15,16)10-6-4-7-19-12(10)11(18-2)9-5-3-8-20-13(9)17/h3-6,8,11,18-19H,7H2,1-2H3,(H2,17,20). The van der Waals surface area contributed by atoms with Crippen molar-refractivity contribution in [2.24, 2.45) is 0 Å². The molecule has 0 amide bonds. The highest BCUT2D eigenvalue weighted by molar-refractivity contribution is 5.47. The van der Waals surface area contributed by atoms with E-state index < -0.39 is 12.0 Å². The van der Waals surface area contributed by atoms with Crippen LogP contribution in [-0.4, -0.2) is 24.5 Å². The lowest BCUT2D eigenvalue weighted by molar-refractivity contribution is 0.0648. The van der Waals surface area contributed by atoms with E-state index in [1.54, 1.807) is 31.5 Å². The minimum absolute atomic E-state index is 0.0358. The summed E-state index contributed by atoms with van der Waals surface area (Å²) in [5, 5.41) is 6.04. The molecule has 0 saturated heterocycles. The van der Waals surface area contributed by atoms with E-state index in [0.717, 1.165) is 6.92 Å². The van der Waals surface area contributed by atoms with Crippen LogP contribution in [0.15, 0.2) is 41.8 Å². The maximum absolute atomic E-state index is 13.7. The monoisotopic (exact) mass is 280 g/mol. The number of aromatic nitrogens is 1. The maximum atomic E-state index is 13.7. The van der Waals surface area contributed by atoms with Crippen LogP contribution in [0.3, 0.4) is 0 Å². The number of nitrogens with one attached hydrogen (secondary N) is 2. The molecule has 1 unspecified atom stereocenters. The summed E-state index contributed by atoms with van der Waals surface area (Å²) in [4.78, 5) is 4.01. The SMILES string of the molecule is CNC(C1=C(C(C)(F)F)C=CCN1)c1cccnc1N. The smallest absolute Gasteiger partial charge is 0.272 e. The third kappa shape index (κ3) is 2.80. The first kappa shape index (κ1) is 14.5. The molecule has 1 aliphatic rings. The Morgan fingerprint density at radius 2 is 2.25 bits per heavy atom. The van der Waals surface area contributed by atoms with Crippen LogP contribution in [0.5, 0.6) is 0 Å². The first-order chi connectivity index (χ1) is 9.45. The summed E-state index contributed by atoms with van der Waals surface area (Å²) in [6, 6.07) is 3.07. The molecule has 0 aromatic carbocycles. The second-order valence-electron chi connectivity index (χ2n) is 4.70. The van der Waals surface area contributed by atoms with E-state index in [-0.39, 0.29) is 5.57 Å². The summed E-state index contributed by atoms with van der Waals surface area (Å²) in [5.41, 5.74) is 6.92. The van der Waals surface area contributed by atoms with Crippen LogP contribution in [0.4, 0.5) is 14.6 Å². The van der Waals surface area contributed by atoms with Gasteiger partial charge in [0.05, 0.1) is 6.04 Å². The number of nitrogens with zero attached hydrogens (tertiary/aromatic N) is 1. The zero-order chi connectivity index (χ0) is 14.8. The predicted molar refractivity (Wildman–Crippen MR) is 75.2 cm³/mol. The number of pyridine rings is 1. The summed E-state index contributed by atoms with van der Waals surface area (Å²) in [6.45, 7) is 1.40. The normalized spacial score (nSPS) is 17.0. The summed E-state index contributed by atoms with van der Waals surface area (Å²) < 4.78 is 27.5. The van der Waals surface area contributed by atoms with Gasteiger partial charge in [-0.25, -0.2) is 13.8 Å². The molecule has 0 spiro atoms. The van der Waals surface area contributed by atoms with Crippen LogP contribution in [0, 0.1) is 0 Å². The molecule has 108 valence electrons. The molecule has 1 aromatic heterocycles. The Morgan fingerprint density at radius 3 is 2.85 bits per heavy atom. The second-order valence-corrected chi connectivity index (χ2v) is 4.70. The van der Waals surface area contributed by atoms with E-state index in [1.807, 2.05) is 0 Å². The minimum atomic E-state index is -2.93. The summed E-state index contributed by atoms with van der Waals surface area (Å²) in [7, 11) is 1.70. The molecule has 2 heterocycles. The number of allylic oxidation sites excluding steroid dienone is 2. The van der Waals surface area contributed by atoms with E-state index in [9.17, 15) is 8.78 Å². The van der Waals surface area contributed by atoms with E-state index in [0.29, 0.717) is 23.6 Å². The van der Waals surface area contributed by atoms with Gasteiger partial charge in [-0.3, -0.25) is 0 Å². The first-order valence-electron chi connectivity index (χ1n) is 6.35. The molecule has 1 atom stereocenters. The molecule has 1 aliphatic heterocycles. The van der Waals surface area contributed by atoms with Gasteiger partial charge in [0.25, 0.3) is 5.92 Å². The highest BCUT2D eigenvalue weighted by atomic mass is 19.3. The van der Waals surface area contributed by atoms with Crippen molar-refractivity contribution in [3.05, 3.63) is 47.3 Å². The van der Waals surface area contributed by atoms with E-state index in [2.05, 4.69) is 15.6 Å². The molecule has 20 heavy (non-hydrogen) atoms. The largest absolute Gasteiger partial charge is 0.383 e. The second kappa shape index (κ2) is 5.58. The fourth-order valence-corrected chi connectivity index (χ4v) is 2.30. The molecule has 4 nitrogen and oxygen atoms in total. The summed E-state index contributed by atoms with van der Waals surface area (Å²) >= 11 is 0. The number of hydrogen-bond acceptors (Lipinski definition) is 4. The topological polar surface area (TPSA) is 63.0 Å². The van der Waals surface area contributed by atoms with Crippen molar-refractivity contribution in [2.45, 2.75) is 18.9 Å². The number of alkyl halides is 2. The molecule has 6 heteroatoms. The number of dihydropyridines is 1. The number of halogens is 2. The number of likely N-dealkylation sites (N-methyl/N-ethyl adjacent to an activating group) is 1. The van der Waals surface area contributed by atoms with Gasteiger partial charge in [0, 0.05) is 36.5 Å². The van der Waals surface area contributed by atoms with E-state index in [1.165, 1.54) is 6.08 Å². The fraction of sp³-hybridized carbons (Fsp3) is 0.357. The highest BCUT2D eigenvalue weighted by Gasteiger charge is 2.33. The van der Waals surface area contributed by atoms with Gasteiger partial charge in [-0.15, -0.1) is 0 Å². The van der Waals surface area contributed by atoms with Gasteiger partial charge in [-0.1, -0.05) is 18.2 Å². The van der Waals surface area contributed by atoms with Crippen LogP contribution in [0.25, 0.3) is 0 Å². The molecular formula is C14H18F2N4. The first-order valence-corrected chi connectivity index (χ1v) is 6.35. The third-order valence-electron chi connectivity index (χ3n) is 3.22. The average Bonchev–Trinajstić information content (AvgIpc) is 2.41. The van der Waals surface area contributed by atoms with Crippen molar-refractivity contribution in [1.29, 1.82) is 0 Å². The quantitative estimate of drug-likeness (QED) is 0.789. The Balaban J connectivity index is 2.52. The lowest BCUT2D eigenvalue weighted by Crippen LogP contribution is -2.34. The van der Waals surface area contributed by atoms with Gasteiger partial charge in [0.1, 0.15) is 5.82 Å². The van der Waals surface area contributed by atoms with Crippen molar-refractivity contribution >= 4 is 5.82 Å². The number of nitrogen functional groups attached to an aromatic ring is 1. The summed E-state index contributed by atoms with van der Waals surface area (Å²) in [5.74, 6) is -2.60. The molecule has 0 fully saturated rings. The Hall–Kier alpha value is -1.95. The van der Waals surface area contributed by atoms with E-state index >= 15 is 0 Å². The molecular weight excluding hydrogens is 262 g/mol. The van der Waals surface area contributed by atoms with E-state index in [4.69, 9.17) is 5.73 Å². The van der Waals surface area contributed by atoms with Gasteiger partial charge in [0.15, 0.2) is 0 Å². The molecule has 0 radical (unpaired) electrons. The van der Waals surface area contributed by atoms with Crippen LogP contribution >= 0.6 is 0 Å². The molecule has 0 bridgehead atoms. The van der Waals surface area contributed by atoms with Crippen LogP contribution < -0.4 is 16.4 Å². The van der Waals surface area contributed by atoms with Gasteiger partial charge >= 0.3 is 0 Å². The van der Waals surface area contributed by atoms with Gasteiger partial charge in [-0.2, -0.15) is 0 Å². The predicted octanol–water partition coefficient (Wildman–Crippen LogP) is 1.99. The third-order valence-corrected chi connectivity index (χ3v) is 3.22. The lowest BCUT2D eigenvalue weighted by atomic mass is 9.95. The van der Waals surface area contributed by atoms with Crippen LogP contribution in [0.1, 0.15) is 18.5 Å². The molecule has 0 saturated carbocycles. The van der Waals surface area contributed by atoms with Crippen molar-refractivity contribution in [1.82, 2.24) is 15.6 Å². The Labute approximate surface area is 116 Å². The van der Waals surface area contributed by atoms with Gasteiger partial charge in [-0.05, 0) is 13.1 Å². The van der Waals surface area contributed by atoms with Crippen molar-refractivity contribution < 1.29 is 8.78 Å². The minimum Gasteiger partial charge on any atom is -0.383 e. The van der Waals surface area contributed by atoms with Crippen molar-refractivity contribution in [3.63, 3.8) is 0 Å². The Bertz CT molecular complexity index is 546. The molecule has 4 N–H and O–H groups in total. The molecule has 0 aliphatic carbocycles. The number of hydrogen-bond donors (Lipinski definition) is 3. The van der Waals surface area contributed by atoms with Crippen LogP contribution in [0.2, 0.25) is 0 Å². The average molecular weight is 280 g/mol. The Kier molecular flexibility index (Phi) is 4.04. The molecule has 1 aromatic rings. The van der Waals surface area contributed by atoms with Crippen LogP contribution in [-0.2, 0) is 0 Å². The van der Waals surface area contributed by atoms with Gasteiger partial charge < -0.3 is 16.4 Å².